The van der Waals surface area contributed by atoms with Crippen LogP contribution in [0.5, 0.6) is 0 Å². The number of hydrogen-bond donors (Lipinski definition) is 0. The highest BCUT2D eigenvalue weighted by Gasteiger charge is 2.60. The maximum absolute atomic E-state index is 13.1. The number of carbonyl (C=O) groups excluding carboxylic acids is 1. The molecule has 0 unspecified atom stereocenters. The van der Waals surface area contributed by atoms with Gasteiger partial charge in [0.2, 0.25) is 5.91 Å². The van der Waals surface area contributed by atoms with Crippen LogP contribution in [0.4, 0.5) is 0 Å². The number of halogens is 1. The summed E-state index contributed by atoms with van der Waals surface area (Å²) in [4.78, 5) is 15.2. The summed E-state index contributed by atoms with van der Waals surface area (Å²) >= 11 is 6.83. The van der Waals surface area contributed by atoms with Gasteiger partial charge >= 0.3 is 0 Å². The largest absolute Gasteiger partial charge is 0.342 e. The van der Waals surface area contributed by atoms with Crippen molar-refractivity contribution in [3.8, 4) is 0 Å². The molecular formula is C16H24ClNO. The predicted octanol–water partition coefficient (Wildman–Crippen LogP) is 3.58. The summed E-state index contributed by atoms with van der Waals surface area (Å²) in [6.45, 7) is 1.98. The summed E-state index contributed by atoms with van der Waals surface area (Å²) in [5.74, 6) is 1.92. The highest BCUT2D eigenvalue weighted by atomic mass is 35.5. The summed E-state index contributed by atoms with van der Waals surface area (Å²) in [6.07, 6.45) is 10.6. The van der Waals surface area contributed by atoms with Crippen LogP contribution in [0.2, 0.25) is 0 Å². The van der Waals surface area contributed by atoms with Gasteiger partial charge in [-0.3, -0.25) is 4.79 Å². The van der Waals surface area contributed by atoms with Crippen LogP contribution in [0, 0.1) is 17.3 Å². The molecule has 5 fully saturated rings. The molecule has 2 atom stereocenters. The van der Waals surface area contributed by atoms with E-state index in [0.29, 0.717) is 5.91 Å². The van der Waals surface area contributed by atoms with Crippen molar-refractivity contribution in [2.45, 2.75) is 62.7 Å². The maximum atomic E-state index is 13.1. The van der Waals surface area contributed by atoms with Crippen molar-refractivity contribution >= 4 is 17.5 Å². The first-order chi connectivity index (χ1) is 9.09. The van der Waals surface area contributed by atoms with Gasteiger partial charge in [-0.25, -0.2) is 0 Å². The van der Waals surface area contributed by atoms with E-state index >= 15 is 0 Å². The smallest absolute Gasteiger partial charge is 0.228 e. The van der Waals surface area contributed by atoms with Crippen molar-refractivity contribution in [2.75, 3.05) is 13.1 Å². The molecule has 1 heterocycles. The number of nitrogens with zero attached hydrogens (tertiary/aromatic N) is 1. The Morgan fingerprint density at radius 2 is 1.63 bits per heavy atom. The van der Waals surface area contributed by atoms with Crippen LogP contribution >= 0.6 is 11.6 Å². The van der Waals surface area contributed by atoms with E-state index in [2.05, 4.69) is 4.90 Å². The molecule has 2 nitrogen and oxygen atoms in total. The van der Waals surface area contributed by atoms with Gasteiger partial charge in [-0.05, 0) is 69.6 Å². The van der Waals surface area contributed by atoms with E-state index < -0.39 is 0 Å². The highest BCUT2D eigenvalue weighted by Crippen LogP contribution is 2.64. The number of hydrogen-bond acceptors (Lipinski definition) is 1. The van der Waals surface area contributed by atoms with Crippen LogP contribution in [0.25, 0.3) is 0 Å². The summed E-state index contributed by atoms with van der Waals surface area (Å²) in [5, 5.41) is 0. The Hall–Kier alpha value is -0.240. The van der Waals surface area contributed by atoms with Crippen molar-refractivity contribution < 1.29 is 4.79 Å². The molecule has 5 rings (SSSR count). The second kappa shape index (κ2) is 4.13. The van der Waals surface area contributed by atoms with Gasteiger partial charge in [0.05, 0.1) is 5.41 Å². The Balaban J connectivity index is 1.60. The fourth-order valence-electron chi connectivity index (χ4n) is 5.83. The molecule has 1 saturated heterocycles. The van der Waals surface area contributed by atoms with Gasteiger partial charge in [-0.15, -0.1) is 11.6 Å². The average Bonchev–Trinajstić information content (AvgIpc) is 2.36. The lowest BCUT2D eigenvalue weighted by atomic mass is 9.49. The zero-order valence-corrected chi connectivity index (χ0v) is 12.4. The summed E-state index contributed by atoms with van der Waals surface area (Å²) in [6, 6.07) is 0. The topological polar surface area (TPSA) is 20.3 Å². The lowest BCUT2D eigenvalue weighted by Crippen LogP contribution is -2.59. The Morgan fingerprint density at radius 3 is 2.21 bits per heavy atom. The molecule has 4 aliphatic carbocycles. The monoisotopic (exact) mass is 281 g/mol. The minimum absolute atomic E-state index is 0.0322. The van der Waals surface area contributed by atoms with E-state index in [-0.39, 0.29) is 10.3 Å². The minimum atomic E-state index is -0.0663. The normalized spacial score (nSPS) is 48.6. The molecule has 5 aliphatic rings. The second-order valence-corrected chi connectivity index (χ2v) is 8.55. The standard InChI is InChI=1S/C16H24ClNO/c17-16-9-12-6-13(10-16)8-15(7-12,11-16)14(19)18-4-2-1-3-5-18/h12-13H,1-11H2/t12-,13-,15?,16?/m1/s1. The van der Waals surface area contributed by atoms with Gasteiger partial charge in [0.25, 0.3) is 0 Å². The molecule has 0 aromatic heterocycles. The first-order valence-corrected chi connectivity index (χ1v) is 8.45. The van der Waals surface area contributed by atoms with Crippen molar-refractivity contribution in [3.05, 3.63) is 0 Å². The molecule has 0 spiro atoms. The fraction of sp³-hybridized carbons (Fsp3) is 0.938. The lowest BCUT2D eigenvalue weighted by Gasteiger charge is -2.60. The molecule has 1 amide bonds. The van der Waals surface area contributed by atoms with Crippen LogP contribution in [-0.4, -0.2) is 28.8 Å². The Labute approximate surface area is 120 Å². The molecule has 4 bridgehead atoms. The molecule has 106 valence electrons. The van der Waals surface area contributed by atoms with Gasteiger partial charge in [0.1, 0.15) is 0 Å². The molecular weight excluding hydrogens is 258 g/mol. The van der Waals surface area contributed by atoms with Crippen LogP contribution in [0.3, 0.4) is 0 Å². The number of alkyl halides is 1. The van der Waals surface area contributed by atoms with Crippen LogP contribution < -0.4 is 0 Å². The third-order valence-corrected chi connectivity index (χ3v) is 6.53. The Bertz CT molecular complexity index is 388. The zero-order valence-electron chi connectivity index (χ0n) is 11.7. The Kier molecular flexibility index (Phi) is 2.72. The molecule has 4 saturated carbocycles. The number of likely N-dealkylation sites (tertiary alicyclic amines) is 1. The first-order valence-electron chi connectivity index (χ1n) is 8.07. The maximum Gasteiger partial charge on any atom is 0.228 e. The van der Waals surface area contributed by atoms with E-state index in [0.717, 1.165) is 44.2 Å². The number of amides is 1. The second-order valence-electron chi connectivity index (χ2n) is 7.75. The third-order valence-electron chi connectivity index (χ3n) is 6.09. The quantitative estimate of drug-likeness (QED) is 0.673. The van der Waals surface area contributed by atoms with E-state index in [1.807, 2.05) is 0 Å². The lowest BCUT2D eigenvalue weighted by molar-refractivity contribution is -0.157. The van der Waals surface area contributed by atoms with Gasteiger partial charge in [0.15, 0.2) is 0 Å². The zero-order chi connectivity index (χ0) is 13.1. The van der Waals surface area contributed by atoms with Gasteiger partial charge < -0.3 is 4.90 Å². The summed E-state index contributed by atoms with van der Waals surface area (Å²) < 4.78 is 0. The average molecular weight is 282 g/mol. The molecule has 0 aromatic carbocycles. The van der Waals surface area contributed by atoms with Crippen molar-refractivity contribution in [1.29, 1.82) is 0 Å². The number of rotatable bonds is 1. The van der Waals surface area contributed by atoms with Gasteiger partial charge in [-0.2, -0.15) is 0 Å². The predicted molar refractivity (Wildman–Crippen MR) is 76.1 cm³/mol. The van der Waals surface area contributed by atoms with E-state index in [4.69, 9.17) is 11.6 Å². The molecule has 0 N–H and O–H groups in total. The molecule has 0 aromatic rings. The minimum Gasteiger partial charge on any atom is -0.342 e. The van der Waals surface area contributed by atoms with Crippen molar-refractivity contribution in [3.63, 3.8) is 0 Å². The van der Waals surface area contributed by atoms with E-state index in [1.54, 1.807) is 0 Å². The summed E-state index contributed by atoms with van der Waals surface area (Å²) in [7, 11) is 0. The number of carbonyl (C=O) groups is 1. The van der Waals surface area contributed by atoms with E-state index in [1.165, 1.54) is 38.5 Å². The van der Waals surface area contributed by atoms with Gasteiger partial charge in [-0.1, -0.05) is 0 Å². The van der Waals surface area contributed by atoms with Crippen molar-refractivity contribution in [1.82, 2.24) is 4.90 Å². The highest BCUT2D eigenvalue weighted by molar-refractivity contribution is 6.24. The number of piperidine rings is 1. The fourth-order valence-corrected chi connectivity index (χ4v) is 6.53. The van der Waals surface area contributed by atoms with Crippen LogP contribution in [-0.2, 0) is 4.79 Å². The molecule has 0 radical (unpaired) electrons. The van der Waals surface area contributed by atoms with Crippen LogP contribution in [0.1, 0.15) is 57.8 Å². The van der Waals surface area contributed by atoms with Crippen LogP contribution in [0.15, 0.2) is 0 Å². The van der Waals surface area contributed by atoms with Gasteiger partial charge in [0, 0.05) is 18.0 Å². The van der Waals surface area contributed by atoms with Crippen molar-refractivity contribution in [2.24, 2.45) is 17.3 Å². The van der Waals surface area contributed by atoms with E-state index in [9.17, 15) is 4.79 Å². The Morgan fingerprint density at radius 1 is 1.00 bits per heavy atom. The molecule has 19 heavy (non-hydrogen) atoms. The first kappa shape index (κ1) is 12.5. The molecule has 3 heteroatoms. The SMILES string of the molecule is O=C(N1CCCCC1)C12C[C@H]3C[C@@H](CC(Cl)(C3)C1)C2. The summed E-state index contributed by atoms with van der Waals surface area (Å²) in [5.41, 5.74) is -0.0663. The third kappa shape index (κ3) is 1.93. The molecule has 1 aliphatic heterocycles.